The number of nitrogens with zero attached hydrogens (tertiary/aromatic N) is 2. The molecule has 23 heavy (non-hydrogen) atoms. The van der Waals surface area contributed by atoms with Gasteiger partial charge in [-0.1, -0.05) is 72.8 Å². The molecule has 0 aromatic rings. The third kappa shape index (κ3) is 17.5. The lowest BCUT2D eigenvalue weighted by Crippen LogP contribution is -2.45. The molecule has 0 radical (unpaired) electrons. The van der Waals surface area contributed by atoms with E-state index in [4.69, 9.17) is 11.1 Å². The Morgan fingerprint density at radius 2 is 1.09 bits per heavy atom. The summed E-state index contributed by atoms with van der Waals surface area (Å²) < 4.78 is 5.26. The molecule has 0 aromatic carbocycles. The van der Waals surface area contributed by atoms with E-state index in [0.29, 0.717) is 0 Å². The smallest absolute Gasteiger partial charge is 0.147 e. The summed E-state index contributed by atoms with van der Waals surface area (Å²) >= 11 is 5.67. The van der Waals surface area contributed by atoms with Crippen molar-refractivity contribution in [2.75, 3.05) is 26.2 Å². The molecule has 0 aromatic heterocycles. The van der Waals surface area contributed by atoms with E-state index in [1.165, 1.54) is 39.0 Å². The zero-order valence-electron chi connectivity index (χ0n) is 18.0. The first-order valence-electron chi connectivity index (χ1n) is 9.32. The minimum atomic E-state index is -1.14. The van der Waals surface area contributed by atoms with Crippen LogP contribution in [0.1, 0.15) is 26.7 Å². The molecule has 1 rings (SSSR count). The Hall–Kier alpha value is 0.861. The van der Waals surface area contributed by atoms with Crippen molar-refractivity contribution in [2.45, 2.75) is 85.6 Å². The van der Waals surface area contributed by atoms with Gasteiger partial charge in [0.25, 0.3) is 0 Å². The fraction of sp³-hybridized carbons (Fsp3) is 1.00. The van der Waals surface area contributed by atoms with Crippen LogP contribution in [0.15, 0.2) is 0 Å². The Morgan fingerprint density at radius 1 is 0.783 bits per heavy atom. The summed E-state index contributed by atoms with van der Waals surface area (Å²) in [4.78, 5) is 0. The van der Waals surface area contributed by atoms with Gasteiger partial charge in [-0.15, -0.1) is 0 Å². The van der Waals surface area contributed by atoms with Gasteiger partial charge in [-0.05, 0) is 39.0 Å². The van der Waals surface area contributed by atoms with E-state index in [1.807, 2.05) is 0 Å². The first-order chi connectivity index (χ1) is 10.1. The van der Waals surface area contributed by atoms with Crippen molar-refractivity contribution in [1.29, 1.82) is 0 Å². The maximum atomic E-state index is 5.67. The quantitative estimate of drug-likeness (QED) is 0.415. The lowest BCUT2D eigenvalue weighted by Gasteiger charge is -2.31. The molecule has 142 valence electrons. The second kappa shape index (κ2) is 11.5. The summed E-state index contributed by atoms with van der Waals surface area (Å²) in [6.07, 6.45) is 2.87. The highest BCUT2D eigenvalue weighted by Gasteiger charge is 2.25. The first-order valence-corrected chi connectivity index (χ1v) is 20.7. The maximum Gasteiger partial charge on any atom is 0.147 e. The zero-order valence-corrected chi connectivity index (χ0v) is 21.8. The summed E-state index contributed by atoms with van der Waals surface area (Å²) in [7, 11) is -2.98. The maximum absolute atomic E-state index is 5.67. The molecule has 1 fully saturated rings. The first kappa shape index (κ1) is 26.1. The van der Waals surface area contributed by atoms with Gasteiger partial charge in [0.2, 0.25) is 0 Å². The molecular weight excluding hydrogens is 352 g/mol. The largest absolute Gasteiger partial charge is 0.324 e. The van der Waals surface area contributed by atoms with Crippen molar-refractivity contribution in [2.24, 2.45) is 0 Å². The molecule has 0 N–H and O–H groups in total. The SMILES string of the molecule is CCN(CC)[Si](C)(C)C.C[Si](C)(C)Cl.C[Si](C)(C)N1CCCC1. The van der Waals surface area contributed by atoms with E-state index < -0.39 is 23.9 Å². The van der Waals surface area contributed by atoms with Crippen LogP contribution in [0.25, 0.3) is 0 Å². The van der Waals surface area contributed by atoms with Crippen molar-refractivity contribution in [3.63, 3.8) is 0 Å². The highest BCUT2D eigenvalue weighted by molar-refractivity contribution is 7.18. The van der Waals surface area contributed by atoms with Crippen LogP contribution in [0.5, 0.6) is 0 Å². The Morgan fingerprint density at radius 3 is 1.17 bits per heavy atom. The summed E-state index contributed by atoms with van der Waals surface area (Å²) in [6, 6.07) is 0. The summed E-state index contributed by atoms with van der Waals surface area (Å²) in [5.41, 5.74) is 0. The van der Waals surface area contributed by atoms with Crippen LogP contribution in [-0.4, -0.2) is 59.2 Å². The minimum absolute atomic E-state index is 0.891. The second-order valence-electron chi connectivity index (χ2n) is 9.28. The molecule has 0 amide bonds. The third-order valence-corrected chi connectivity index (χ3v) is 8.64. The van der Waals surface area contributed by atoms with Gasteiger partial charge in [0.15, 0.2) is 0 Å². The van der Waals surface area contributed by atoms with Crippen LogP contribution in [0.2, 0.25) is 58.9 Å². The van der Waals surface area contributed by atoms with E-state index in [2.05, 4.69) is 81.9 Å². The van der Waals surface area contributed by atoms with Crippen LogP contribution in [0, 0.1) is 0 Å². The molecule has 0 bridgehead atoms. The van der Waals surface area contributed by atoms with Gasteiger partial charge in [0, 0.05) is 0 Å². The lowest BCUT2D eigenvalue weighted by molar-refractivity contribution is 0.470. The average molecular weight is 397 g/mol. The van der Waals surface area contributed by atoms with Gasteiger partial charge in [0.1, 0.15) is 23.9 Å². The van der Waals surface area contributed by atoms with Crippen LogP contribution in [0.4, 0.5) is 0 Å². The molecular formula is C17H45ClN2Si3. The highest BCUT2D eigenvalue weighted by Crippen LogP contribution is 2.16. The van der Waals surface area contributed by atoms with Crippen molar-refractivity contribution in [3.05, 3.63) is 0 Å². The summed E-state index contributed by atoms with van der Waals surface area (Å²) in [5, 5.41) is 0. The topological polar surface area (TPSA) is 6.48 Å². The molecule has 0 aliphatic carbocycles. The Bertz CT molecular complexity index is 266. The molecule has 6 heteroatoms. The fourth-order valence-corrected chi connectivity index (χ4v) is 6.12. The predicted octanol–water partition coefficient (Wildman–Crippen LogP) is 6.14. The van der Waals surface area contributed by atoms with Gasteiger partial charge < -0.3 is 9.13 Å². The van der Waals surface area contributed by atoms with Crippen molar-refractivity contribution in [1.82, 2.24) is 9.13 Å². The van der Waals surface area contributed by atoms with Crippen molar-refractivity contribution in [3.8, 4) is 0 Å². The standard InChI is InChI=1S/C7H17NSi.C7H19NSi.C3H9ClSi/c1-9(2,3)8-6-4-5-7-8;1-6-8(7-2)9(3,4)5;1-5(2,3)4/h4-7H2,1-3H3;6-7H2,1-5H3;1-3H3. The van der Waals surface area contributed by atoms with E-state index >= 15 is 0 Å². The Balaban J connectivity index is 0. The molecule has 1 saturated heterocycles. The van der Waals surface area contributed by atoms with E-state index in [1.54, 1.807) is 0 Å². The number of hydrogen-bond acceptors (Lipinski definition) is 2. The van der Waals surface area contributed by atoms with Crippen LogP contribution >= 0.6 is 11.1 Å². The average Bonchev–Trinajstić information content (AvgIpc) is 2.79. The third-order valence-electron chi connectivity index (χ3n) is 3.77. The Labute approximate surface area is 155 Å². The van der Waals surface area contributed by atoms with Crippen LogP contribution < -0.4 is 0 Å². The summed E-state index contributed by atoms with van der Waals surface area (Å²) in [6.45, 7) is 30.4. The number of hydrogen-bond donors (Lipinski definition) is 0. The Kier molecular flexibility index (Phi) is 13.0. The van der Waals surface area contributed by atoms with Gasteiger partial charge in [-0.2, -0.15) is 11.1 Å². The molecule has 1 aliphatic rings. The van der Waals surface area contributed by atoms with E-state index in [-0.39, 0.29) is 0 Å². The minimum Gasteiger partial charge on any atom is -0.324 e. The highest BCUT2D eigenvalue weighted by atomic mass is 35.6. The monoisotopic (exact) mass is 396 g/mol. The number of rotatable bonds is 4. The van der Waals surface area contributed by atoms with Gasteiger partial charge >= 0.3 is 0 Å². The molecule has 0 spiro atoms. The molecule has 0 unspecified atom stereocenters. The second-order valence-corrected chi connectivity index (χ2v) is 26.8. The molecule has 0 atom stereocenters. The lowest BCUT2D eigenvalue weighted by atomic mass is 10.4. The fourth-order valence-electron chi connectivity index (χ4n) is 2.56. The normalized spacial score (nSPS) is 16.6. The molecule has 1 heterocycles. The van der Waals surface area contributed by atoms with Crippen LogP contribution in [-0.2, 0) is 0 Å². The zero-order chi connectivity index (χ0) is 18.9. The van der Waals surface area contributed by atoms with Gasteiger partial charge in [-0.3, -0.25) is 0 Å². The van der Waals surface area contributed by atoms with E-state index in [9.17, 15) is 0 Å². The van der Waals surface area contributed by atoms with Crippen molar-refractivity contribution >= 4 is 34.9 Å². The molecule has 1 aliphatic heterocycles. The van der Waals surface area contributed by atoms with Gasteiger partial charge in [-0.25, -0.2) is 0 Å². The predicted molar refractivity (Wildman–Crippen MR) is 120 cm³/mol. The molecule has 2 nitrogen and oxygen atoms in total. The van der Waals surface area contributed by atoms with E-state index in [0.717, 1.165) is 0 Å². The van der Waals surface area contributed by atoms with Gasteiger partial charge in [0.05, 0.1) is 0 Å². The summed E-state index contributed by atoms with van der Waals surface area (Å²) in [5.74, 6) is 0. The van der Waals surface area contributed by atoms with Crippen molar-refractivity contribution < 1.29 is 0 Å². The number of halogens is 1. The van der Waals surface area contributed by atoms with Crippen LogP contribution in [0.3, 0.4) is 0 Å². The molecule has 0 saturated carbocycles.